The number of anilines is 1. The first-order valence-electron chi connectivity index (χ1n) is 13.6. The van der Waals surface area contributed by atoms with Crippen LogP contribution in [0.3, 0.4) is 0 Å². The number of halogens is 1. The Labute approximate surface area is 257 Å². The minimum absolute atomic E-state index is 0.0153. The van der Waals surface area contributed by atoms with Crippen molar-refractivity contribution in [2.75, 3.05) is 52.1 Å². The molecule has 1 aliphatic carbocycles. The summed E-state index contributed by atoms with van der Waals surface area (Å²) in [5, 5.41) is 13.7. The van der Waals surface area contributed by atoms with Gasteiger partial charge in [0.05, 0.1) is 45.2 Å². The average molecular weight is 652 g/mol. The first-order chi connectivity index (χ1) is 21.3. The molecule has 45 heavy (non-hydrogen) atoms. The van der Waals surface area contributed by atoms with Crippen LogP contribution in [0.25, 0.3) is 11.0 Å². The fraction of sp³-hybridized carbons (Fsp3) is 0.429. The molecule has 0 bridgehead atoms. The normalized spacial score (nSPS) is 17.2. The Morgan fingerprint density at radius 2 is 1.84 bits per heavy atom. The fourth-order valence-corrected chi connectivity index (χ4v) is 4.94. The van der Waals surface area contributed by atoms with Crippen LogP contribution in [-0.2, 0) is 21.6 Å². The summed E-state index contributed by atoms with van der Waals surface area (Å²) in [7, 11) is 0.894. The van der Waals surface area contributed by atoms with Crippen LogP contribution in [0, 0.1) is 11.7 Å². The van der Waals surface area contributed by atoms with Crippen LogP contribution in [0.15, 0.2) is 34.3 Å². The number of carbonyl (C=O) groups is 1. The Kier molecular flexibility index (Phi) is 10.1. The molecule has 1 aliphatic heterocycles. The SMILES string of the molecule is COc1ccc(CO/N=C2\CN(c3nc4c(cc3F)c(=O)c(C(=O)O)cn4C3CC3)CC2CN)c(OC)c1OC.CS(=O)(=O)O. The molecule has 2 aliphatic rings. The number of benzene rings is 1. The summed E-state index contributed by atoms with van der Waals surface area (Å²) in [5.74, 6) is -0.867. The summed E-state index contributed by atoms with van der Waals surface area (Å²) in [4.78, 5) is 36.2. The highest BCUT2D eigenvalue weighted by molar-refractivity contribution is 7.85. The van der Waals surface area contributed by atoms with E-state index in [-0.39, 0.29) is 48.5 Å². The van der Waals surface area contributed by atoms with Gasteiger partial charge in [-0.1, -0.05) is 5.16 Å². The van der Waals surface area contributed by atoms with Crippen molar-refractivity contribution in [3.8, 4) is 17.2 Å². The molecule has 2 fully saturated rings. The highest BCUT2D eigenvalue weighted by Gasteiger charge is 2.33. The molecule has 4 N–H and O–H groups in total. The fourth-order valence-electron chi connectivity index (χ4n) is 4.94. The zero-order valence-electron chi connectivity index (χ0n) is 25.0. The van der Waals surface area contributed by atoms with Crippen molar-refractivity contribution in [2.45, 2.75) is 25.5 Å². The van der Waals surface area contributed by atoms with Gasteiger partial charge in [-0.15, -0.1) is 0 Å². The Hall–Kier alpha value is -4.48. The second kappa shape index (κ2) is 13.7. The number of ether oxygens (including phenoxy) is 3. The lowest BCUT2D eigenvalue weighted by molar-refractivity contribution is 0.0694. The number of fused-ring (bicyclic) bond motifs is 1. The standard InChI is InChI=1S/C27H30FN5O7.CH4O3S/c1-37-21-7-4-14(23(38-2)24(21)39-3)13-40-31-20-12-32(10-15(20)9-29)26-19(28)8-17-22(34)18(27(35)36)11-33(16-5-6-16)25(17)30-26;1-5(2,3)4/h4,7-8,11,15-16H,5-6,9-10,12-13,29H2,1-3H3,(H,35,36);1H3,(H,2,3,4)/b31-20+;. The lowest BCUT2D eigenvalue weighted by Gasteiger charge is -2.19. The largest absolute Gasteiger partial charge is 0.493 e. The van der Waals surface area contributed by atoms with Gasteiger partial charge in [0.25, 0.3) is 10.1 Å². The number of carboxylic acid groups (broad SMARTS) is 1. The molecule has 1 saturated heterocycles. The van der Waals surface area contributed by atoms with Crippen molar-refractivity contribution in [3.63, 3.8) is 0 Å². The number of pyridine rings is 2. The zero-order chi connectivity index (χ0) is 33.1. The van der Waals surface area contributed by atoms with Crippen LogP contribution in [0.5, 0.6) is 17.2 Å². The summed E-state index contributed by atoms with van der Waals surface area (Å²) in [5.41, 5.74) is 6.38. The van der Waals surface area contributed by atoms with E-state index < -0.39 is 32.9 Å². The van der Waals surface area contributed by atoms with Crippen LogP contribution in [0.4, 0.5) is 10.2 Å². The predicted molar refractivity (Wildman–Crippen MR) is 162 cm³/mol. The molecule has 0 radical (unpaired) electrons. The van der Waals surface area contributed by atoms with E-state index in [2.05, 4.69) is 10.1 Å². The van der Waals surface area contributed by atoms with E-state index in [0.29, 0.717) is 41.3 Å². The van der Waals surface area contributed by atoms with Gasteiger partial charge < -0.3 is 39.4 Å². The molecular weight excluding hydrogens is 617 g/mol. The van der Waals surface area contributed by atoms with Gasteiger partial charge in [-0.3, -0.25) is 9.35 Å². The molecule has 1 unspecified atom stereocenters. The molecule has 17 heteroatoms. The van der Waals surface area contributed by atoms with Gasteiger partial charge >= 0.3 is 5.97 Å². The van der Waals surface area contributed by atoms with E-state index in [1.807, 2.05) is 0 Å². The number of rotatable bonds is 10. The number of oxime groups is 1. The molecule has 1 saturated carbocycles. The third-order valence-electron chi connectivity index (χ3n) is 7.15. The van der Waals surface area contributed by atoms with Gasteiger partial charge in [-0.25, -0.2) is 14.2 Å². The lowest BCUT2D eigenvalue weighted by Crippen LogP contribution is -2.26. The van der Waals surface area contributed by atoms with E-state index in [1.54, 1.807) is 21.6 Å². The van der Waals surface area contributed by atoms with Crippen LogP contribution in [0.2, 0.25) is 0 Å². The second-order valence-corrected chi connectivity index (χ2v) is 11.8. The van der Waals surface area contributed by atoms with E-state index in [0.717, 1.165) is 18.9 Å². The lowest BCUT2D eigenvalue weighted by atomic mass is 10.1. The number of nitrogens with zero attached hydrogens (tertiary/aromatic N) is 4. The second-order valence-electron chi connectivity index (χ2n) is 10.4. The quantitative estimate of drug-likeness (QED) is 0.212. The first kappa shape index (κ1) is 33.4. The summed E-state index contributed by atoms with van der Waals surface area (Å²) < 4.78 is 59.1. The molecule has 0 amide bonds. The molecular formula is C28H34FN5O10S. The summed E-state index contributed by atoms with van der Waals surface area (Å²) >= 11 is 0. The number of hydrogen-bond donors (Lipinski definition) is 3. The minimum atomic E-state index is -3.67. The number of methoxy groups -OCH3 is 3. The Balaban J connectivity index is 0.000000854. The molecule has 3 aromatic rings. The maximum Gasteiger partial charge on any atom is 0.341 e. The Morgan fingerprint density at radius 1 is 1.18 bits per heavy atom. The first-order valence-corrected chi connectivity index (χ1v) is 15.5. The van der Waals surface area contributed by atoms with Crippen LogP contribution in [0.1, 0.15) is 34.8 Å². The maximum absolute atomic E-state index is 15.3. The van der Waals surface area contributed by atoms with Gasteiger partial charge in [0.1, 0.15) is 17.8 Å². The van der Waals surface area contributed by atoms with Crippen LogP contribution >= 0.6 is 0 Å². The van der Waals surface area contributed by atoms with Gasteiger partial charge in [-0.2, -0.15) is 8.42 Å². The van der Waals surface area contributed by atoms with Gasteiger partial charge in [0.15, 0.2) is 23.1 Å². The molecule has 1 aromatic carbocycles. The number of nitrogens with two attached hydrogens (primary N) is 1. The van der Waals surface area contributed by atoms with Crippen LogP contribution in [-0.4, -0.2) is 86.5 Å². The van der Waals surface area contributed by atoms with Crippen molar-refractivity contribution < 1.29 is 46.3 Å². The Morgan fingerprint density at radius 3 is 2.40 bits per heavy atom. The van der Waals surface area contributed by atoms with Crippen molar-refractivity contribution in [1.29, 1.82) is 0 Å². The molecule has 244 valence electrons. The third-order valence-corrected chi connectivity index (χ3v) is 7.15. The Bertz CT molecular complexity index is 1780. The van der Waals surface area contributed by atoms with E-state index in [1.165, 1.54) is 27.5 Å². The third kappa shape index (κ3) is 7.61. The van der Waals surface area contributed by atoms with Crippen molar-refractivity contribution in [2.24, 2.45) is 16.8 Å². The molecule has 1 atom stereocenters. The topological polar surface area (TPSA) is 205 Å². The zero-order valence-corrected chi connectivity index (χ0v) is 25.8. The van der Waals surface area contributed by atoms with Crippen molar-refractivity contribution in [1.82, 2.24) is 9.55 Å². The molecule has 3 heterocycles. The number of hydrogen-bond acceptors (Lipinski definition) is 12. The highest BCUT2D eigenvalue weighted by atomic mass is 32.2. The van der Waals surface area contributed by atoms with E-state index >= 15 is 4.39 Å². The number of aromatic nitrogens is 2. The van der Waals surface area contributed by atoms with E-state index in [4.69, 9.17) is 29.3 Å². The summed E-state index contributed by atoms with van der Waals surface area (Å²) in [6.07, 6.45) is 3.66. The molecule has 0 spiro atoms. The monoisotopic (exact) mass is 651 g/mol. The number of aromatic carboxylic acids is 1. The summed E-state index contributed by atoms with van der Waals surface area (Å²) in [6, 6.07) is 4.60. The van der Waals surface area contributed by atoms with Gasteiger partial charge in [-0.05, 0) is 31.0 Å². The van der Waals surface area contributed by atoms with Gasteiger partial charge in [0.2, 0.25) is 11.2 Å². The van der Waals surface area contributed by atoms with E-state index in [9.17, 15) is 23.1 Å². The van der Waals surface area contributed by atoms with Gasteiger partial charge in [0, 0.05) is 36.8 Å². The molecule has 15 nitrogen and oxygen atoms in total. The maximum atomic E-state index is 15.3. The summed E-state index contributed by atoms with van der Waals surface area (Å²) in [6.45, 7) is 0.880. The highest BCUT2D eigenvalue weighted by Crippen LogP contribution is 2.40. The molecule has 2 aromatic heterocycles. The average Bonchev–Trinajstić information content (AvgIpc) is 3.75. The minimum Gasteiger partial charge on any atom is -0.493 e. The van der Waals surface area contributed by atoms with Crippen LogP contribution < -0.4 is 30.3 Å². The smallest absolute Gasteiger partial charge is 0.341 e. The molecule has 5 rings (SSSR count). The van der Waals surface area contributed by atoms with Crippen molar-refractivity contribution >= 4 is 38.7 Å². The predicted octanol–water partition coefficient (Wildman–Crippen LogP) is 2.07. The van der Waals surface area contributed by atoms with Crippen molar-refractivity contribution in [3.05, 3.63) is 51.6 Å². The number of carboxylic acids is 1.